The van der Waals surface area contributed by atoms with Crippen LogP contribution in [-0.2, 0) is 4.74 Å². The highest BCUT2D eigenvalue weighted by atomic mass is 16.5. The van der Waals surface area contributed by atoms with Gasteiger partial charge in [0.05, 0.1) is 5.56 Å². The minimum atomic E-state index is -0.219. The van der Waals surface area contributed by atoms with Crippen molar-refractivity contribution in [2.24, 2.45) is 0 Å². The number of anilines is 2. The molecule has 1 aromatic heterocycles. The van der Waals surface area contributed by atoms with E-state index in [1.54, 1.807) is 31.4 Å². The lowest BCUT2D eigenvalue weighted by molar-refractivity contribution is 0.0947. The van der Waals surface area contributed by atoms with E-state index in [9.17, 15) is 9.59 Å². The number of amides is 1. The lowest BCUT2D eigenvalue weighted by Gasteiger charge is -2.07. The molecule has 0 fully saturated rings. The van der Waals surface area contributed by atoms with Crippen LogP contribution in [0.15, 0.2) is 36.7 Å². The van der Waals surface area contributed by atoms with Gasteiger partial charge in [-0.3, -0.25) is 9.59 Å². The Labute approximate surface area is 140 Å². The second-order valence-electron chi connectivity index (χ2n) is 5.16. The van der Waals surface area contributed by atoms with Crippen LogP contribution in [0.25, 0.3) is 0 Å². The number of Topliss-reactive ketones (excluding diaryl/α,β-unsaturated/α-hetero) is 1. The number of ketones is 1. The lowest BCUT2D eigenvalue weighted by atomic mass is 10.1. The number of nitrogens with zero attached hydrogens (tertiary/aromatic N) is 2. The van der Waals surface area contributed by atoms with Crippen molar-refractivity contribution in [2.45, 2.75) is 13.3 Å². The van der Waals surface area contributed by atoms with Crippen LogP contribution in [0, 0.1) is 0 Å². The number of rotatable bonds is 8. The summed E-state index contributed by atoms with van der Waals surface area (Å²) in [5.74, 6) is 0.170. The molecule has 126 valence electrons. The number of benzene rings is 1. The molecule has 0 unspecified atom stereocenters. The summed E-state index contributed by atoms with van der Waals surface area (Å²) >= 11 is 0. The largest absolute Gasteiger partial charge is 0.385 e. The van der Waals surface area contributed by atoms with Gasteiger partial charge in [-0.2, -0.15) is 0 Å². The normalized spacial score (nSPS) is 10.2. The SMILES string of the molecule is COCCCNC(=O)c1cnc(Nc2ccc(C(C)=O)cc2)nc1. The fourth-order valence-electron chi connectivity index (χ4n) is 1.95. The fraction of sp³-hybridized carbons (Fsp3) is 0.294. The highest BCUT2D eigenvalue weighted by Gasteiger charge is 2.07. The van der Waals surface area contributed by atoms with E-state index in [1.165, 1.54) is 19.3 Å². The van der Waals surface area contributed by atoms with Crippen LogP contribution in [0.5, 0.6) is 0 Å². The van der Waals surface area contributed by atoms with E-state index in [0.717, 1.165) is 12.1 Å². The van der Waals surface area contributed by atoms with Gasteiger partial charge in [0.25, 0.3) is 5.91 Å². The molecule has 0 atom stereocenters. The second-order valence-corrected chi connectivity index (χ2v) is 5.16. The van der Waals surface area contributed by atoms with E-state index in [1.807, 2.05) is 0 Å². The molecule has 0 bridgehead atoms. The van der Waals surface area contributed by atoms with E-state index < -0.39 is 0 Å². The van der Waals surface area contributed by atoms with Crippen LogP contribution in [0.2, 0.25) is 0 Å². The maximum Gasteiger partial charge on any atom is 0.254 e. The highest BCUT2D eigenvalue weighted by Crippen LogP contribution is 2.14. The van der Waals surface area contributed by atoms with Gasteiger partial charge in [-0.05, 0) is 37.6 Å². The molecule has 2 N–H and O–H groups in total. The van der Waals surface area contributed by atoms with Gasteiger partial charge in [0, 0.05) is 43.9 Å². The topological polar surface area (TPSA) is 93.2 Å². The number of aromatic nitrogens is 2. The Morgan fingerprint density at radius 2 is 1.75 bits per heavy atom. The summed E-state index contributed by atoms with van der Waals surface area (Å²) in [6, 6.07) is 7.01. The molecular formula is C17H20N4O3. The van der Waals surface area contributed by atoms with Crippen LogP contribution in [0.1, 0.15) is 34.1 Å². The van der Waals surface area contributed by atoms with Gasteiger partial charge < -0.3 is 15.4 Å². The average molecular weight is 328 g/mol. The first-order valence-corrected chi connectivity index (χ1v) is 7.57. The van der Waals surface area contributed by atoms with Gasteiger partial charge in [-0.1, -0.05) is 0 Å². The Hall–Kier alpha value is -2.80. The first kappa shape index (κ1) is 17.6. The van der Waals surface area contributed by atoms with Crippen LogP contribution in [0.3, 0.4) is 0 Å². The van der Waals surface area contributed by atoms with Gasteiger partial charge in [-0.25, -0.2) is 9.97 Å². The first-order chi connectivity index (χ1) is 11.6. The molecule has 1 amide bonds. The maximum atomic E-state index is 11.9. The molecule has 1 aromatic carbocycles. The molecule has 0 saturated carbocycles. The van der Waals surface area contributed by atoms with Crippen molar-refractivity contribution >= 4 is 23.3 Å². The predicted molar refractivity (Wildman–Crippen MR) is 90.6 cm³/mol. The van der Waals surface area contributed by atoms with E-state index in [2.05, 4.69) is 20.6 Å². The van der Waals surface area contributed by atoms with E-state index in [-0.39, 0.29) is 11.7 Å². The zero-order valence-corrected chi connectivity index (χ0v) is 13.7. The number of hydrogen-bond donors (Lipinski definition) is 2. The van der Waals surface area contributed by atoms with Crippen molar-refractivity contribution in [3.05, 3.63) is 47.8 Å². The zero-order chi connectivity index (χ0) is 17.4. The number of carbonyl (C=O) groups is 2. The Balaban J connectivity index is 1.91. The van der Waals surface area contributed by atoms with Crippen molar-refractivity contribution in [3.8, 4) is 0 Å². The standard InChI is InChI=1S/C17H20N4O3/c1-12(22)13-4-6-15(7-5-13)21-17-19-10-14(11-20-17)16(23)18-8-3-9-24-2/h4-7,10-11H,3,8-9H2,1-2H3,(H,18,23)(H,19,20,21). The lowest BCUT2D eigenvalue weighted by Crippen LogP contribution is -2.25. The molecule has 0 aliphatic heterocycles. The van der Waals surface area contributed by atoms with Crippen molar-refractivity contribution in [1.29, 1.82) is 0 Å². The molecule has 0 spiro atoms. The molecule has 0 radical (unpaired) electrons. The smallest absolute Gasteiger partial charge is 0.254 e. The fourth-order valence-corrected chi connectivity index (χ4v) is 1.95. The minimum absolute atomic E-state index is 0.0127. The third-order valence-electron chi connectivity index (χ3n) is 3.27. The van der Waals surface area contributed by atoms with Crippen molar-refractivity contribution in [1.82, 2.24) is 15.3 Å². The maximum absolute atomic E-state index is 11.9. The summed E-state index contributed by atoms with van der Waals surface area (Å²) in [5.41, 5.74) is 1.80. The summed E-state index contributed by atoms with van der Waals surface area (Å²) < 4.78 is 4.92. The Morgan fingerprint density at radius 3 is 2.33 bits per heavy atom. The Kier molecular flexibility index (Phi) is 6.39. The summed E-state index contributed by atoms with van der Waals surface area (Å²) in [7, 11) is 1.62. The van der Waals surface area contributed by atoms with Crippen molar-refractivity contribution in [3.63, 3.8) is 0 Å². The van der Waals surface area contributed by atoms with Gasteiger partial charge in [0.2, 0.25) is 5.95 Å². The quantitative estimate of drug-likeness (QED) is 0.570. The molecule has 7 nitrogen and oxygen atoms in total. The van der Waals surface area contributed by atoms with E-state index >= 15 is 0 Å². The molecule has 7 heteroatoms. The van der Waals surface area contributed by atoms with Crippen molar-refractivity contribution < 1.29 is 14.3 Å². The first-order valence-electron chi connectivity index (χ1n) is 7.57. The van der Waals surface area contributed by atoms with E-state index in [0.29, 0.717) is 30.2 Å². The number of carbonyl (C=O) groups excluding carboxylic acids is 2. The predicted octanol–water partition coefficient (Wildman–Crippen LogP) is 2.19. The highest BCUT2D eigenvalue weighted by molar-refractivity contribution is 5.94. The minimum Gasteiger partial charge on any atom is -0.385 e. The number of nitrogens with one attached hydrogen (secondary N) is 2. The van der Waals surface area contributed by atoms with Gasteiger partial charge in [-0.15, -0.1) is 0 Å². The van der Waals surface area contributed by atoms with Gasteiger partial charge in [0.15, 0.2) is 5.78 Å². The Morgan fingerprint density at radius 1 is 1.08 bits per heavy atom. The molecule has 0 aliphatic carbocycles. The molecule has 2 aromatic rings. The molecule has 1 heterocycles. The number of methoxy groups -OCH3 is 1. The molecule has 2 rings (SSSR count). The Bertz CT molecular complexity index is 684. The molecule has 24 heavy (non-hydrogen) atoms. The third-order valence-corrected chi connectivity index (χ3v) is 3.27. The van der Waals surface area contributed by atoms with E-state index in [4.69, 9.17) is 4.74 Å². The number of hydrogen-bond acceptors (Lipinski definition) is 6. The van der Waals surface area contributed by atoms with Crippen LogP contribution < -0.4 is 10.6 Å². The summed E-state index contributed by atoms with van der Waals surface area (Å²) in [4.78, 5) is 31.4. The summed E-state index contributed by atoms with van der Waals surface area (Å²) in [6.07, 6.45) is 3.68. The summed E-state index contributed by atoms with van der Waals surface area (Å²) in [6.45, 7) is 2.65. The van der Waals surface area contributed by atoms with Gasteiger partial charge >= 0.3 is 0 Å². The monoisotopic (exact) mass is 328 g/mol. The van der Waals surface area contributed by atoms with Gasteiger partial charge in [0.1, 0.15) is 0 Å². The second kappa shape index (κ2) is 8.73. The van der Waals surface area contributed by atoms with Crippen LogP contribution in [-0.4, -0.2) is 41.9 Å². The third kappa shape index (κ3) is 5.13. The molecule has 0 aliphatic rings. The molecule has 0 saturated heterocycles. The average Bonchev–Trinajstić information content (AvgIpc) is 2.59. The molecular weight excluding hydrogens is 308 g/mol. The summed E-state index contributed by atoms with van der Waals surface area (Å²) in [5, 5.41) is 5.78. The number of ether oxygens (including phenoxy) is 1. The zero-order valence-electron chi connectivity index (χ0n) is 13.7. The van der Waals surface area contributed by atoms with Crippen LogP contribution in [0.4, 0.5) is 11.6 Å². The van der Waals surface area contributed by atoms with Crippen LogP contribution >= 0.6 is 0 Å². The van der Waals surface area contributed by atoms with Crippen molar-refractivity contribution in [2.75, 3.05) is 25.6 Å².